The van der Waals surface area contributed by atoms with E-state index in [0.717, 1.165) is 38.4 Å². The van der Waals surface area contributed by atoms with Crippen molar-refractivity contribution in [2.75, 3.05) is 13.7 Å². The highest BCUT2D eigenvalue weighted by Gasteiger charge is 2.59. The number of aliphatic hydroxyl groups excluding tert-OH is 1. The van der Waals surface area contributed by atoms with Gasteiger partial charge in [0, 0.05) is 13.5 Å². The molecule has 1 aliphatic carbocycles. The van der Waals surface area contributed by atoms with E-state index in [-0.39, 0.29) is 36.2 Å². The van der Waals surface area contributed by atoms with Crippen molar-refractivity contribution in [3.63, 3.8) is 0 Å². The number of amidine groups is 1. The second kappa shape index (κ2) is 14.6. The van der Waals surface area contributed by atoms with E-state index < -0.39 is 58.8 Å². The first-order valence-electron chi connectivity index (χ1n) is 15.1. The molecule has 3 rings (SSSR count). The van der Waals surface area contributed by atoms with Crippen LogP contribution in [0.15, 0.2) is 17.1 Å². The molecule has 45 heavy (non-hydrogen) atoms. The fourth-order valence-electron chi connectivity index (χ4n) is 5.21. The van der Waals surface area contributed by atoms with E-state index in [1.165, 1.54) is 19.2 Å². The Balaban J connectivity index is 1.90. The number of esters is 2. The van der Waals surface area contributed by atoms with Gasteiger partial charge in [0.05, 0.1) is 11.4 Å². The Morgan fingerprint density at radius 3 is 2.51 bits per heavy atom. The number of rotatable bonds is 11. The van der Waals surface area contributed by atoms with E-state index in [9.17, 15) is 24.8 Å². The molecule has 0 unspecified atom stereocenters. The molecule has 1 saturated heterocycles. The summed E-state index contributed by atoms with van der Waals surface area (Å²) in [5.41, 5.74) is 2.35. The number of nitrogens with two attached hydrogens (primary N) is 1. The number of carbonyl (C=O) groups is 3. The lowest BCUT2D eigenvalue weighted by Gasteiger charge is -2.29. The van der Waals surface area contributed by atoms with Gasteiger partial charge in [-0.2, -0.15) is 5.26 Å². The molecule has 248 valence electrons. The number of aliphatic imine (C=N–C) groups is 1. The zero-order valence-electron chi connectivity index (χ0n) is 26.8. The molecule has 0 bridgehead atoms. The number of ether oxygens (including phenoxy) is 4. The van der Waals surface area contributed by atoms with E-state index in [1.54, 1.807) is 34.6 Å². The van der Waals surface area contributed by atoms with Crippen LogP contribution in [0.1, 0.15) is 84.5 Å². The number of carbonyl (C=O) groups excluding carboxylic acids is 3. The Morgan fingerprint density at radius 2 is 1.93 bits per heavy atom. The van der Waals surface area contributed by atoms with Gasteiger partial charge in [-0.25, -0.2) is 4.99 Å². The summed E-state index contributed by atoms with van der Waals surface area (Å²) in [7, 11) is 1.37. The van der Waals surface area contributed by atoms with Crippen molar-refractivity contribution in [1.29, 1.82) is 10.7 Å². The standard InChI is InChI=1S/C31H46N6O8/c1-29(2,3)24(34)27(40)44-23-20(15-43-22(38)14-18-10-8-7-9-11-18)45-31(16-32,25(23)39)21-13-12-19(36-21)26(35-17-33)37-28(41)30(4,5)42-6/h12-13,17-18,20,23-25,36,39H,7-11,14-15,34H2,1-6H3,(H2,33,35,37,41)/t20-,23-,24+,25-,31+/m1/s1. The third-order valence-corrected chi connectivity index (χ3v) is 8.45. The third-order valence-electron chi connectivity index (χ3n) is 8.45. The number of hydrogen-bond acceptors (Lipinski definition) is 11. The summed E-state index contributed by atoms with van der Waals surface area (Å²) in [6.07, 6.45) is 1.74. The third kappa shape index (κ3) is 8.35. The van der Waals surface area contributed by atoms with Crippen LogP contribution in [0.25, 0.3) is 0 Å². The number of amides is 1. The van der Waals surface area contributed by atoms with E-state index in [1.807, 2.05) is 6.07 Å². The summed E-state index contributed by atoms with van der Waals surface area (Å²) >= 11 is 0. The van der Waals surface area contributed by atoms with Gasteiger partial charge >= 0.3 is 11.9 Å². The summed E-state index contributed by atoms with van der Waals surface area (Å²) in [5.74, 6) is -1.65. The normalized spacial score (nSPS) is 25.2. The molecule has 6 N–H and O–H groups in total. The van der Waals surface area contributed by atoms with Gasteiger partial charge in [0.25, 0.3) is 5.91 Å². The van der Waals surface area contributed by atoms with Crippen molar-refractivity contribution in [3.8, 4) is 6.07 Å². The zero-order valence-corrected chi connectivity index (χ0v) is 26.8. The van der Waals surface area contributed by atoms with E-state index in [2.05, 4.69) is 15.3 Å². The maximum atomic E-state index is 13.0. The predicted octanol–water partition coefficient (Wildman–Crippen LogP) is 2.19. The largest absolute Gasteiger partial charge is 0.463 e. The molecule has 1 aliphatic heterocycles. The van der Waals surface area contributed by atoms with E-state index in [4.69, 9.17) is 30.1 Å². The van der Waals surface area contributed by atoms with Crippen LogP contribution in [0.2, 0.25) is 0 Å². The second-order valence-corrected chi connectivity index (χ2v) is 13.1. The highest BCUT2D eigenvalue weighted by Crippen LogP contribution is 2.41. The summed E-state index contributed by atoms with van der Waals surface area (Å²) in [6.45, 7) is 7.98. The van der Waals surface area contributed by atoms with Gasteiger partial charge in [-0.1, -0.05) is 40.0 Å². The minimum atomic E-state index is -2.11. The monoisotopic (exact) mass is 630 g/mol. The number of H-pyrrole nitrogens is 1. The van der Waals surface area contributed by atoms with Crippen molar-refractivity contribution in [3.05, 3.63) is 23.5 Å². The highest BCUT2D eigenvalue weighted by atomic mass is 16.6. The lowest BCUT2D eigenvalue weighted by atomic mass is 9.87. The topological polar surface area (TPSA) is 222 Å². The smallest absolute Gasteiger partial charge is 0.323 e. The van der Waals surface area contributed by atoms with Crippen molar-refractivity contribution in [2.24, 2.45) is 22.1 Å². The van der Waals surface area contributed by atoms with Gasteiger partial charge in [0.2, 0.25) is 5.60 Å². The van der Waals surface area contributed by atoms with Crippen LogP contribution in [0, 0.1) is 28.1 Å². The second-order valence-electron chi connectivity index (χ2n) is 13.1. The van der Waals surface area contributed by atoms with Crippen molar-refractivity contribution in [2.45, 2.75) is 109 Å². The van der Waals surface area contributed by atoms with Crippen LogP contribution in [0.4, 0.5) is 0 Å². The molecule has 0 spiro atoms. The Morgan fingerprint density at radius 1 is 1.27 bits per heavy atom. The minimum absolute atomic E-state index is 0.0441. The molecule has 2 fully saturated rings. The quantitative estimate of drug-likeness (QED) is 0.136. The lowest BCUT2D eigenvalue weighted by Crippen LogP contribution is -2.49. The first-order chi connectivity index (χ1) is 21.1. The number of nitrogens with zero attached hydrogens (tertiary/aromatic N) is 2. The number of aromatic amines is 1. The summed E-state index contributed by atoms with van der Waals surface area (Å²) in [5, 5.41) is 32.0. The Labute approximate surface area is 263 Å². The van der Waals surface area contributed by atoms with Crippen LogP contribution >= 0.6 is 0 Å². The van der Waals surface area contributed by atoms with Gasteiger partial charge in [-0.3, -0.25) is 19.8 Å². The molecule has 1 aromatic rings. The van der Waals surface area contributed by atoms with E-state index >= 15 is 0 Å². The maximum Gasteiger partial charge on any atom is 0.323 e. The van der Waals surface area contributed by atoms with Gasteiger partial charge < -0.3 is 40.1 Å². The van der Waals surface area contributed by atoms with Crippen molar-refractivity contribution >= 4 is 30.0 Å². The summed E-state index contributed by atoms with van der Waals surface area (Å²) in [6, 6.07) is 3.84. The van der Waals surface area contributed by atoms with E-state index in [0.29, 0.717) is 0 Å². The molecule has 2 aliphatic rings. The number of methoxy groups -OCH3 is 1. The molecular weight excluding hydrogens is 584 g/mol. The number of nitriles is 1. The maximum absolute atomic E-state index is 13.0. The highest BCUT2D eigenvalue weighted by molar-refractivity contribution is 6.10. The first-order valence-corrected chi connectivity index (χ1v) is 15.1. The summed E-state index contributed by atoms with van der Waals surface area (Å²) < 4.78 is 22.5. The summed E-state index contributed by atoms with van der Waals surface area (Å²) in [4.78, 5) is 45.3. The SMILES string of the molecule is COC(C)(C)C(=O)NC(=NC=N)c1ccc([C@]2(C#N)O[C@H](COC(=O)CC3CCCCC3)[C@@H](OC(=O)[C@H](N)C(C)(C)C)[C@H]2O)[nH]1. The van der Waals surface area contributed by atoms with Gasteiger partial charge in [0.1, 0.15) is 42.9 Å². The molecule has 1 saturated carbocycles. The molecule has 2 heterocycles. The number of aromatic nitrogens is 1. The fourth-order valence-corrected chi connectivity index (χ4v) is 5.21. The Kier molecular flexibility index (Phi) is 11.7. The van der Waals surface area contributed by atoms with Crippen molar-refractivity contribution in [1.82, 2.24) is 10.3 Å². The molecule has 0 radical (unpaired) electrons. The predicted molar refractivity (Wildman–Crippen MR) is 163 cm³/mol. The van der Waals surface area contributed by atoms with Gasteiger partial charge in [-0.15, -0.1) is 0 Å². The molecular formula is C31H46N6O8. The molecule has 0 aromatic carbocycles. The van der Waals surface area contributed by atoms with Crippen molar-refractivity contribution < 1.29 is 38.4 Å². The van der Waals surface area contributed by atoms with Crippen LogP contribution in [-0.2, 0) is 38.9 Å². The lowest BCUT2D eigenvalue weighted by molar-refractivity contribution is -0.163. The molecule has 1 aromatic heterocycles. The first kappa shape index (κ1) is 35.8. The zero-order chi connectivity index (χ0) is 33.6. The Bertz CT molecular complexity index is 1310. The fraction of sp³-hybridized carbons (Fsp3) is 0.677. The van der Waals surface area contributed by atoms with Crippen LogP contribution in [0.3, 0.4) is 0 Å². The molecule has 14 nitrogen and oxygen atoms in total. The average molecular weight is 631 g/mol. The molecule has 1 amide bonds. The van der Waals surface area contributed by atoms with Crippen LogP contribution in [-0.4, -0.2) is 83.8 Å². The van der Waals surface area contributed by atoms with Gasteiger partial charge in [0.15, 0.2) is 11.9 Å². The molecule has 5 atom stereocenters. The molecule has 14 heteroatoms. The number of aliphatic hydroxyl groups is 1. The number of hydrogen-bond donors (Lipinski definition) is 5. The van der Waals surface area contributed by atoms with Crippen LogP contribution in [0.5, 0.6) is 0 Å². The number of nitrogens with one attached hydrogen (secondary N) is 3. The van der Waals surface area contributed by atoms with Gasteiger partial charge in [-0.05, 0) is 50.2 Å². The average Bonchev–Trinajstić information content (AvgIpc) is 3.59. The van der Waals surface area contributed by atoms with Crippen LogP contribution < -0.4 is 11.1 Å². The minimum Gasteiger partial charge on any atom is -0.463 e. The Hall–Kier alpha value is -3.64.